The first kappa shape index (κ1) is 18.1. The summed E-state index contributed by atoms with van der Waals surface area (Å²) in [6, 6.07) is 7.71. The van der Waals surface area contributed by atoms with Crippen molar-refractivity contribution < 1.29 is 24.9 Å². The predicted octanol–water partition coefficient (Wildman–Crippen LogP) is 4.49. The molecule has 5 heteroatoms. The van der Waals surface area contributed by atoms with E-state index in [1.165, 1.54) is 6.07 Å². The standard InChI is InChI=1S/C21H24O5/c1-21(2,3)9-8-14-15(23)10-16(24)19-17(25)11-18(26-20(14)19)12-4-6-13(22)7-5-12/h4-7,10,18,22-24H,8-9,11H2,1-3H3. The van der Waals surface area contributed by atoms with Gasteiger partial charge in [0, 0.05) is 11.6 Å². The molecule has 1 aliphatic rings. The molecule has 0 saturated heterocycles. The van der Waals surface area contributed by atoms with Crippen molar-refractivity contribution in [3.8, 4) is 23.0 Å². The van der Waals surface area contributed by atoms with E-state index in [-0.39, 0.29) is 46.2 Å². The number of benzene rings is 2. The number of rotatable bonds is 3. The number of carbonyl (C=O) groups excluding carboxylic acids is 1. The minimum atomic E-state index is -0.523. The van der Waals surface area contributed by atoms with Gasteiger partial charge in [0.25, 0.3) is 0 Å². The molecule has 2 aromatic carbocycles. The van der Waals surface area contributed by atoms with E-state index in [1.54, 1.807) is 24.3 Å². The molecule has 1 unspecified atom stereocenters. The molecule has 3 N–H and O–H groups in total. The van der Waals surface area contributed by atoms with E-state index in [2.05, 4.69) is 20.8 Å². The highest BCUT2D eigenvalue weighted by molar-refractivity contribution is 6.03. The number of phenols is 3. The van der Waals surface area contributed by atoms with Crippen LogP contribution in [-0.2, 0) is 6.42 Å². The zero-order chi connectivity index (χ0) is 19.1. The Morgan fingerprint density at radius 1 is 1.08 bits per heavy atom. The Morgan fingerprint density at radius 3 is 2.35 bits per heavy atom. The second kappa shape index (κ2) is 6.56. The lowest BCUT2D eigenvalue weighted by Gasteiger charge is -2.29. The van der Waals surface area contributed by atoms with Crippen LogP contribution in [-0.4, -0.2) is 21.1 Å². The third-order valence-electron chi connectivity index (χ3n) is 4.64. The lowest BCUT2D eigenvalue weighted by atomic mass is 9.86. The van der Waals surface area contributed by atoms with Gasteiger partial charge in [-0.1, -0.05) is 32.9 Å². The van der Waals surface area contributed by atoms with Crippen molar-refractivity contribution >= 4 is 5.78 Å². The molecule has 2 aromatic rings. The van der Waals surface area contributed by atoms with Crippen LogP contribution in [0, 0.1) is 5.41 Å². The second-order valence-electron chi connectivity index (χ2n) is 7.98. The molecule has 26 heavy (non-hydrogen) atoms. The first-order valence-corrected chi connectivity index (χ1v) is 8.72. The molecule has 0 aromatic heterocycles. The van der Waals surface area contributed by atoms with Crippen LogP contribution >= 0.6 is 0 Å². The molecule has 5 nitrogen and oxygen atoms in total. The first-order valence-electron chi connectivity index (χ1n) is 8.72. The van der Waals surface area contributed by atoms with Crippen LogP contribution in [0.1, 0.15) is 61.2 Å². The predicted molar refractivity (Wildman–Crippen MR) is 98.0 cm³/mol. The molecule has 3 rings (SSSR count). The second-order valence-corrected chi connectivity index (χ2v) is 7.98. The Hall–Kier alpha value is -2.69. The van der Waals surface area contributed by atoms with Crippen molar-refractivity contribution in [2.75, 3.05) is 0 Å². The monoisotopic (exact) mass is 356 g/mol. The van der Waals surface area contributed by atoms with Gasteiger partial charge in [-0.2, -0.15) is 0 Å². The summed E-state index contributed by atoms with van der Waals surface area (Å²) in [4.78, 5) is 12.7. The van der Waals surface area contributed by atoms with Crippen LogP contribution in [0.25, 0.3) is 0 Å². The van der Waals surface area contributed by atoms with E-state index in [9.17, 15) is 20.1 Å². The first-order chi connectivity index (χ1) is 12.2. The highest BCUT2D eigenvalue weighted by Gasteiger charge is 2.33. The number of ketones is 1. The minimum absolute atomic E-state index is 0.0479. The number of carbonyl (C=O) groups is 1. The number of aromatic hydroxyl groups is 3. The summed E-state index contributed by atoms with van der Waals surface area (Å²) >= 11 is 0. The van der Waals surface area contributed by atoms with E-state index in [4.69, 9.17) is 4.74 Å². The van der Waals surface area contributed by atoms with Crippen LogP contribution < -0.4 is 4.74 Å². The van der Waals surface area contributed by atoms with Gasteiger partial charge >= 0.3 is 0 Å². The average molecular weight is 356 g/mol. The third kappa shape index (κ3) is 3.62. The van der Waals surface area contributed by atoms with Crippen LogP contribution in [0.3, 0.4) is 0 Å². The van der Waals surface area contributed by atoms with Crippen LogP contribution in [0.4, 0.5) is 0 Å². The van der Waals surface area contributed by atoms with Gasteiger partial charge in [-0.15, -0.1) is 0 Å². The smallest absolute Gasteiger partial charge is 0.174 e. The molecule has 0 fully saturated rings. The van der Waals surface area contributed by atoms with Crippen molar-refractivity contribution in [1.29, 1.82) is 0 Å². The summed E-state index contributed by atoms with van der Waals surface area (Å²) in [5, 5.41) is 30.0. The van der Waals surface area contributed by atoms with Crippen LogP contribution in [0.15, 0.2) is 30.3 Å². The van der Waals surface area contributed by atoms with Crippen molar-refractivity contribution in [3.05, 3.63) is 47.0 Å². The molecule has 0 radical (unpaired) electrons. The maximum absolute atomic E-state index is 12.7. The molecule has 0 saturated carbocycles. The highest BCUT2D eigenvalue weighted by atomic mass is 16.5. The molecule has 0 spiro atoms. The van der Waals surface area contributed by atoms with E-state index in [1.807, 2.05) is 0 Å². The Labute approximate surface area is 152 Å². The fraction of sp³-hybridized carbons (Fsp3) is 0.381. The Balaban J connectivity index is 2.02. The molecule has 0 bridgehead atoms. The van der Waals surface area contributed by atoms with Crippen LogP contribution in [0.2, 0.25) is 0 Å². The van der Waals surface area contributed by atoms with E-state index in [0.29, 0.717) is 12.0 Å². The van der Waals surface area contributed by atoms with Crippen molar-refractivity contribution in [1.82, 2.24) is 0 Å². The van der Waals surface area contributed by atoms with E-state index in [0.717, 1.165) is 12.0 Å². The summed E-state index contributed by atoms with van der Waals surface area (Å²) in [6.45, 7) is 6.30. The largest absolute Gasteiger partial charge is 0.508 e. The Bertz CT molecular complexity index is 831. The zero-order valence-electron chi connectivity index (χ0n) is 15.2. The fourth-order valence-electron chi connectivity index (χ4n) is 3.14. The summed E-state index contributed by atoms with van der Waals surface area (Å²) in [7, 11) is 0. The van der Waals surface area contributed by atoms with Gasteiger partial charge in [0.2, 0.25) is 0 Å². The number of hydrogen-bond acceptors (Lipinski definition) is 5. The third-order valence-corrected chi connectivity index (χ3v) is 4.64. The van der Waals surface area contributed by atoms with Gasteiger partial charge in [-0.25, -0.2) is 0 Å². The molecular formula is C21H24O5. The van der Waals surface area contributed by atoms with Gasteiger partial charge in [-0.3, -0.25) is 4.79 Å². The fourth-order valence-corrected chi connectivity index (χ4v) is 3.14. The number of ether oxygens (including phenoxy) is 1. The topological polar surface area (TPSA) is 87.0 Å². The van der Waals surface area contributed by atoms with Crippen LogP contribution in [0.5, 0.6) is 23.0 Å². The van der Waals surface area contributed by atoms with E-state index < -0.39 is 6.10 Å². The van der Waals surface area contributed by atoms with Gasteiger partial charge < -0.3 is 20.1 Å². The number of phenolic OH excluding ortho intramolecular Hbond substituents is 3. The Morgan fingerprint density at radius 2 is 1.73 bits per heavy atom. The molecule has 0 amide bonds. The Kier molecular flexibility index (Phi) is 4.57. The number of Topliss-reactive ketones (excluding diaryl/α,β-unsaturated/α-hetero) is 1. The van der Waals surface area contributed by atoms with Crippen molar-refractivity contribution in [3.63, 3.8) is 0 Å². The molecule has 1 heterocycles. The SMILES string of the molecule is CC(C)(C)CCc1c(O)cc(O)c2c1OC(c1ccc(O)cc1)CC2=O. The summed E-state index contributed by atoms with van der Waals surface area (Å²) in [5.41, 5.74) is 1.49. The normalized spacial score (nSPS) is 16.9. The summed E-state index contributed by atoms with van der Waals surface area (Å²) < 4.78 is 6.06. The van der Waals surface area contributed by atoms with Crippen molar-refractivity contribution in [2.24, 2.45) is 5.41 Å². The minimum Gasteiger partial charge on any atom is -0.508 e. The highest BCUT2D eigenvalue weighted by Crippen LogP contribution is 2.46. The zero-order valence-corrected chi connectivity index (χ0v) is 15.2. The lowest BCUT2D eigenvalue weighted by molar-refractivity contribution is 0.0842. The van der Waals surface area contributed by atoms with E-state index >= 15 is 0 Å². The van der Waals surface area contributed by atoms with Crippen molar-refractivity contribution in [2.45, 2.75) is 46.1 Å². The van der Waals surface area contributed by atoms with Gasteiger partial charge in [0.15, 0.2) is 5.78 Å². The average Bonchev–Trinajstić information content (AvgIpc) is 2.53. The maximum atomic E-state index is 12.7. The molecule has 0 aliphatic carbocycles. The molecular weight excluding hydrogens is 332 g/mol. The number of hydrogen-bond donors (Lipinski definition) is 3. The maximum Gasteiger partial charge on any atom is 0.174 e. The molecule has 1 atom stereocenters. The number of fused-ring (bicyclic) bond motifs is 1. The van der Waals surface area contributed by atoms with Gasteiger partial charge in [-0.05, 0) is 36.0 Å². The summed E-state index contributed by atoms with van der Waals surface area (Å²) in [6.07, 6.45) is 0.895. The molecule has 1 aliphatic heterocycles. The lowest BCUT2D eigenvalue weighted by Crippen LogP contribution is -2.22. The van der Waals surface area contributed by atoms with Gasteiger partial charge in [0.05, 0.1) is 6.42 Å². The van der Waals surface area contributed by atoms with Gasteiger partial charge in [0.1, 0.15) is 34.7 Å². The molecule has 138 valence electrons. The summed E-state index contributed by atoms with van der Waals surface area (Å²) in [5.74, 6) is -0.145. The quantitative estimate of drug-likeness (QED) is 0.754.